The van der Waals surface area contributed by atoms with Gasteiger partial charge in [-0.25, -0.2) is 0 Å². The Bertz CT molecular complexity index is 302. The van der Waals surface area contributed by atoms with Crippen LogP contribution in [0, 0.1) is 0 Å². The third kappa shape index (κ3) is 4.97. The molecule has 0 heterocycles. The van der Waals surface area contributed by atoms with Crippen LogP contribution in [0.2, 0.25) is 0 Å². The first-order chi connectivity index (χ1) is 7.05. The fraction of sp³-hybridized carbons (Fsp3) is 0.571. The van der Waals surface area contributed by atoms with Gasteiger partial charge in [-0.2, -0.15) is 0 Å². The minimum atomic E-state index is -0.854. The molecule has 0 atom stereocenters. The third-order valence-corrected chi connectivity index (χ3v) is 4.65. The molecule has 0 bridgehead atoms. The first-order valence-electron chi connectivity index (χ1n) is 5.95. The lowest BCUT2D eigenvalue weighted by atomic mass is 10.1. The summed E-state index contributed by atoms with van der Waals surface area (Å²) in [7, 11) is -0.854. The van der Waals surface area contributed by atoms with Gasteiger partial charge < -0.3 is 17.0 Å². The van der Waals surface area contributed by atoms with Crippen LogP contribution < -0.4 is 22.3 Å². The largest absolute Gasteiger partial charge is 1.00 e. The molecule has 2 heteroatoms. The molecule has 0 fully saturated rings. The zero-order chi connectivity index (χ0) is 11.3. The van der Waals surface area contributed by atoms with Crippen LogP contribution in [0.15, 0.2) is 24.3 Å². The molecule has 0 spiro atoms. The molecule has 0 radical (unpaired) electrons. The lowest BCUT2D eigenvalue weighted by Crippen LogP contribution is -3.00. The van der Waals surface area contributed by atoms with Crippen LogP contribution in [0.3, 0.4) is 0 Å². The Balaban J connectivity index is 0.00000225. The van der Waals surface area contributed by atoms with Crippen molar-refractivity contribution in [2.45, 2.75) is 32.6 Å². The Labute approximate surface area is 112 Å². The Morgan fingerprint density at radius 1 is 1.00 bits per heavy atom. The van der Waals surface area contributed by atoms with Gasteiger partial charge in [-0.3, -0.25) is 0 Å². The van der Waals surface area contributed by atoms with Crippen molar-refractivity contribution < 1.29 is 17.0 Å². The first kappa shape index (κ1) is 16.1. The number of aryl methyl sites for hydroxylation is 1. The van der Waals surface area contributed by atoms with Gasteiger partial charge in [0.15, 0.2) is 0 Å². The van der Waals surface area contributed by atoms with Gasteiger partial charge in [0.05, 0.1) is 25.3 Å². The van der Waals surface area contributed by atoms with E-state index >= 15 is 0 Å². The molecular formula is C14H24BrP. The van der Waals surface area contributed by atoms with E-state index in [1.54, 1.807) is 10.9 Å². The number of benzene rings is 1. The van der Waals surface area contributed by atoms with Gasteiger partial charge in [0.2, 0.25) is 0 Å². The highest BCUT2D eigenvalue weighted by Gasteiger charge is 2.23. The molecule has 0 N–H and O–H groups in total. The van der Waals surface area contributed by atoms with Crippen LogP contribution in [0.4, 0.5) is 0 Å². The fourth-order valence-electron chi connectivity index (χ4n) is 1.94. The lowest BCUT2D eigenvalue weighted by molar-refractivity contribution is -0.00000344. The van der Waals surface area contributed by atoms with E-state index in [0.717, 1.165) is 0 Å². The van der Waals surface area contributed by atoms with Crippen molar-refractivity contribution in [2.75, 3.05) is 20.0 Å². The average molecular weight is 303 g/mol. The van der Waals surface area contributed by atoms with Crippen LogP contribution in [-0.2, 0) is 6.42 Å². The maximum atomic E-state index is 2.41. The molecule has 0 aliphatic heterocycles. The second-order valence-electron chi connectivity index (χ2n) is 5.10. The molecule has 0 saturated carbocycles. The number of unbranched alkanes of at least 4 members (excludes halogenated alkanes) is 2. The Hall–Kier alpha value is 0.130. The van der Waals surface area contributed by atoms with Gasteiger partial charge in [0, 0.05) is 7.26 Å². The van der Waals surface area contributed by atoms with Crippen LogP contribution in [0.5, 0.6) is 0 Å². The normalized spacial score (nSPS) is 11.0. The van der Waals surface area contributed by atoms with Crippen molar-refractivity contribution in [3.8, 4) is 0 Å². The summed E-state index contributed by atoms with van der Waals surface area (Å²) in [4.78, 5) is 0. The molecular weight excluding hydrogens is 279 g/mol. The van der Waals surface area contributed by atoms with E-state index in [2.05, 4.69) is 51.2 Å². The molecule has 1 aromatic rings. The van der Waals surface area contributed by atoms with E-state index in [-0.39, 0.29) is 17.0 Å². The predicted octanol–water partition coefficient (Wildman–Crippen LogP) is 0.956. The van der Waals surface area contributed by atoms with Crippen molar-refractivity contribution in [3.63, 3.8) is 0 Å². The smallest absolute Gasteiger partial charge is 0.0962 e. The summed E-state index contributed by atoms with van der Waals surface area (Å²) in [6.07, 6.45) is 5.28. The summed E-state index contributed by atoms with van der Waals surface area (Å²) in [5.41, 5.74) is 1.59. The van der Waals surface area contributed by atoms with Gasteiger partial charge in [-0.05, 0) is 24.5 Å². The van der Waals surface area contributed by atoms with Crippen molar-refractivity contribution >= 4 is 12.6 Å². The summed E-state index contributed by atoms with van der Waals surface area (Å²) in [5.74, 6) is 0. The summed E-state index contributed by atoms with van der Waals surface area (Å²) >= 11 is 0. The van der Waals surface area contributed by atoms with Crippen molar-refractivity contribution in [1.29, 1.82) is 0 Å². The second-order valence-corrected chi connectivity index (χ2v) is 9.61. The van der Waals surface area contributed by atoms with Crippen LogP contribution in [-0.4, -0.2) is 20.0 Å². The molecule has 16 heavy (non-hydrogen) atoms. The van der Waals surface area contributed by atoms with E-state index in [0.29, 0.717) is 0 Å². The standard InChI is InChI=1S/C14H24P.BrH/c1-5-6-7-10-13-11-8-9-12-14(13)15(2,3)4;/h8-9,11-12H,5-7,10H2,1-4H3;1H/q+1;/p-1. The number of hydrogen-bond acceptors (Lipinski definition) is 0. The van der Waals surface area contributed by atoms with Gasteiger partial charge in [-0.1, -0.05) is 38.0 Å². The Morgan fingerprint density at radius 2 is 1.62 bits per heavy atom. The minimum absolute atomic E-state index is 0. The molecule has 0 amide bonds. The van der Waals surface area contributed by atoms with E-state index < -0.39 is 7.26 Å². The number of rotatable bonds is 5. The zero-order valence-electron chi connectivity index (χ0n) is 11.0. The summed E-state index contributed by atoms with van der Waals surface area (Å²) in [6, 6.07) is 9.01. The summed E-state index contributed by atoms with van der Waals surface area (Å²) < 4.78 is 0. The number of hydrogen-bond donors (Lipinski definition) is 0. The SMILES string of the molecule is CCCCCc1ccccc1[P+](C)(C)C.[Br-]. The molecule has 0 nitrogen and oxygen atoms in total. The molecule has 0 saturated heterocycles. The Kier molecular flexibility index (Phi) is 7.52. The zero-order valence-corrected chi connectivity index (χ0v) is 13.4. The summed E-state index contributed by atoms with van der Waals surface area (Å²) in [5, 5.41) is 1.63. The van der Waals surface area contributed by atoms with Crippen molar-refractivity contribution in [1.82, 2.24) is 0 Å². The minimum Gasteiger partial charge on any atom is -1.00 e. The van der Waals surface area contributed by atoms with Crippen molar-refractivity contribution in [3.05, 3.63) is 29.8 Å². The highest BCUT2D eigenvalue weighted by molar-refractivity contribution is 7.81. The van der Waals surface area contributed by atoms with E-state index in [1.165, 1.54) is 25.7 Å². The monoisotopic (exact) mass is 302 g/mol. The van der Waals surface area contributed by atoms with Crippen LogP contribution in [0.25, 0.3) is 0 Å². The van der Waals surface area contributed by atoms with Gasteiger partial charge >= 0.3 is 0 Å². The average Bonchev–Trinajstić information content (AvgIpc) is 2.17. The molecule has 92 valence electrons. The molecule has 0 aliphatic rings. The maximum Gasteiger partial charge on any atom is 0.0962 e. The topological polar surface area (TPSA) is 0 Å². The van der Waals surface area contributed by atoms with Gasteiger partial charge in [0.25, 0.3) is 0 Å². The van der Waals surface area contributed by atoms with Crippen molar-refractivity contribution in [2.24, 2.45) is 0 Å². The molecule has 1 aromatic carbocycles. The first-order valence-corrected chi connectivity index (χ1v) is 9.08. The number of halogens is 1. The second kappa shape index (κ2) is 7.45. The fourth-order valence-corrected chi connectivity index (χ4v) is 3.52. The van der Waals surface area contributed by atoms with E-state index in [1.807, 2.05) is 0 Å². The van der Waals surface area contributed by atoms with E-state index in [4.69, 9.17) is 0 Å². The molecule has 1 rings (SSSR count). The maximum absolute atomic E-state index is 2.41. The highest BCUT2D eigenvalue weighted by Crippen LogP contribution is 2.46. The van der Waals surface area contributed by atoms with Crippen LogP contribution in [0.1, 0.15) is 31.7 Å². The van der Waals surface area contributed by atoms with Gasteiger partial charge in [0.1, 0.15) is 0 Å². The predicted molar refractivity (Wildman–Crippen MR) is 74.0 cm³/mol. The Morgan fingerprint density at radius 3 is 2.19 bits per heavy atom. The molecule has 0 unspecified atom stereocenters. The highest BCUT2D eigenvalue weighted by atomic mass is 79.9. The quantitative estimate of drug-likeness (QED) is 0.561. The summed E-state index contributed by atoms with van der Waals surface area (Å²) in [6.45, 7) is 9.49. The van der Waals surface area contributed by atoms with E-state index in [9.17, 15) is 0 Å². The molecule has 0 aromatic heterocycles. The van der Waals surface area contributed by atoms with Crippen LogP contribution >= 0.6 is 7.26 Å². The third-order valence-electron chi connectivity index (χ3n) is 2.76. The lowest BCUT2D eigenvalue weighted by Gasteiger charge is -2.15. The molecule has 0 aliphatic carbocycles. The van der Waals surface area contributed by atoms with Gasteiger partial charge in [-0.15, -0.1) is 0 Å².